The Morgan fingerprint density at radius 1 is 1.38 bits per heavy atom. The summed E-state index contributed by atoms with van der Waals surface area (Å²) < 4.78 is 75.6. The molecule has 11 heteroatoms. The zero-order valence-corrected chi connectivity index (χ0v) is 13.7. The van der Waals surface area contributed by atoms with Crippen molar-refractivity contribution in [2.24, 2.45) is 0 Å². The number of nitrogens with one attached hydrogen (secondary N) is 1. The summed E-state index contributed by atoms with van der Waals surface area (Å²) in [6.45, 7) is -1.59. The van der Waals surface area contributed by atoms with E-state index in [-0.39, 0.29) is 18.0 Å². The average molecular weight is 389 g/mol. The van der Waals surface area contributed by atoms with Crippen LogP contribution in [-0.4, -0.2) is 43.9 Å². The third-order valence-corrected chi connectivity index (χ3v) is 5.84. The van der Waals surface area contributed by atoms with Gasteiger partial charge in [-0.05, 0) is 31.0 Å². The van der Waals surface area contributed by atoms with E-state index < -0.39 is 45.4 Å². The van der Waals surface area contributed by atoms with Gasteiger partial charge >= 0.3 is 6.18 Å². The molecule has 0 saturated carbocycles. The molecular weight excluding hydrogens is 376 g/mol. The maximum Gasteiger partial charge on any atom is 0.405 e. The fourth-order valence-electron chi connectivity index (χ4n) is 2.41. The van der Waals surface area contributed by atoms with Crippen molar-refractivity contribution in [3.8, 4) is 0 Å². The predicted octanol–water partition coefficient (Wildman–Crippen LogP) is 2.31. The van der Waals surface area contributed by atoms with Gasteiger partial charge in [0.1, 0.15) is 23.3 Å². The van der Waals surface area contributed by atoms with Crippen LogP contribution in [0.4, 0.5) is 17.6 Å². The summed E-state index contributed by atoms with van der Waals surface area (Å²) >= 11 is 5.75. The van der Waals surface area contributed by atoms with Gasteiger partial charge in [-0.1, -0.05) is 11.6 Å². The lowest BCUT2D eigenvalue weighted by Crippen LogP contribution is -2.47. The molecule has 1 aliphatic heterocycles. The van der Waals surface area contributed by atoms with Crippen molar-refractivity contribution in [3.63, 3.8) is 0 Å². The van der Waals surface area contributed by atoms with Crippen molar-refractivity contribution >= 4 is 27.5 Å². The van der Waals surface area contributed by atoms with E-state index in [1.807, 2.05) is 0 Å². The molecule has 1 aromatic rings. The van der Waals surface area contributed by atoms with Gasteiger partial charge in [-0.15, -0.1) is 0 Å². The quantitative estimate of drug-likeness (QED) is 0.805. The molecule has 0 aromatic heterocycles. The maximum absolute atomic E-state index is 13.1. The molecule has 0 spiro atoms. The molecule has 1 N–H and O–H groups in total. The van der Waals surface area contributed by atoms with E-state index in [4.69, 9.17) is 11.6 Å². The molecule has 0 aliphatic carbocycles. The summed E-state index contributed by atoms with van der Waals surface area (Å²) in [7, 11) is -4.24. The molecule has 134 valence electrons. The van der Waals surface area contributed by atoms with E-state index in [1.165, 1.54) is 0 Å². The number of alkyl halides is 3. The minimum Gasteiger partial charge on any atom is -0.346 e. The van der Waals surface area contributed by atoms with Crippen molar-refractivity contribution in [3.05, 3.63) is 29.0 Å². The molecule has 1 saturated heterocycles. The molecule has 2 rings (SSSR count). The van der Waals surface area contributed by atoms with E-state index in [0.29, 0.717) is 6.42 Å². The Morgan fingerprint density at radius 3 is 2.62 bits per heavy atom. The van der Waals surface area contributed by atoms with Crippen LogP contribution in [0.2, 0.25) is 5.02 Å². The number of benzene rings is 1. The van der Waals surface area contributed by atoms with Crippen LogP contribution in [0, 0.1) is 5.82 Å². The van der Waals surface area contributed by atoms with Crippen LogP contribution in [-0.2, 0) is 14.8 Å². The van der Waals surface area contributed by atoms with Crippen LogP contribution >= 0.6 is 11.6 Å². The van der Waals surface area contributed by atoms with Crippen molar-refractivity contribution in [2.75, 3.05) is 13.1 Å². The van der Waals surface area contributed by atoms with Crippen LogP contribution in [0.1, 0.15) is 12.8 Å². The standard InChI is InChI=1S/C13H13ClF4N2O3S/c14-9-6-8(15)3-4-11(9)24(22,23)20-5-1-2-10(20)12(21)19-7-13(16,17)18/h3-4,6,10H,1-2,5,7H2,(H,19,21). The number of halogens is 5. The molecule has 0 radical (unpaired) electrons. The second-order valence-corrected chi connectivity index (χ2v) is 7.45. The SMILES string of the molecule is O=C(NCC(F)(F)F)C1CCCN1S(=O)(=O)c1ccc(F)cc1Cl. The summed E-state index contributed by atoms with van der Waals surface area (Å²) in [5.74, 6) is -1.77. The second-order valence-electron chi connectivity index (χ2n) is 5.18. The molecule has 1 aliphatic rings. The lowest BCUT2D eigenvalue weighted by molar-refractivity contribution is -0.140. The van der Waals surface area contributed by atoms with Gasteiger partial charge in [-0.25, -0.2) is 12.8 Å². The molecule has 24 heavy (non-hydrogen) atoms. The predicted molar refractivity (Wildman–Crippen MR) is 77.4 cm³/mol. The minimum absolute atomic E-state index is 0.0415. The largest absolute Gasteiger partial charge is 0.405 e. The average Bonchev–Trinajstić information content (AvgIpc) is 2.93. The fourth-order valence-corrected chi connectivity index (χ4v) is 4.57. The number of hydrogen-bond acceptors (Lipinski definition) is 3. The number of carbonyl (C=O) groups excluding carboxylic acids is 1. The summed E-state index contributed by atoms with van der Waals surface area (Å²) in [4.78, 5) is 11.5. The minimum atomic E-state index is -4.60. The molecule has 1 fully saturated rings. The fraction of sp³-hybridized carbons (Fsp3) is 0.462. The van der Waals surface area contributed by atoms with Crippen LogP contribution in [0.5, 0.6) is 0 Å². The summed E-state index contributed by atoms with van der Waals surface area (Å²) in [6, 6.07) is 1.39. The number of amides is 1. The van der Waals surface area contributed by atoms with Gasteiger partial charge in [-0.2, -0.15) is 17.5 Å². The van der Waals surface area contributed by atoms with Crippen LogP contribution < -0.4 is 5.32 Å². The van der Waals surface area contributed by atoms with E-state index in [9.17, 15) is 30.8 Å². The lowest BCUT2D eigenvalue weighted by atomic mass is 10.2. The van der Waals surface area contributed by atoms with Crippen LogP contribution in [0.15, 0.2) is 23.1 Å². The van der Waals surface area contributed by atoms with Gasteiger partial charge in [0, 0.05) is 6.54 Å². The highest BCUT2D eigenvalue weighted by molar-refractivity contribution is 7.89. The number of nitrogens with zero attached hydrogens (tertiary/aromatic N) is 1. The van der Waals surface area contributed by atoms with Gasteiger partial charge in [0.05, 0.1) is 5.02 Å². The lowest BCUT2D eigenvalue weighted by Gasteiger charge is -2.24. The highest BCUT2D eigenvalue weighted by Gasteiger charge is 2.41. The van der Waals surface area contributed by atoms with Crippen LogP contribution in [0.25, 0.3) is 0 Å². The third kappa shape index (κ3) is 4.17. The van der Waals surface area contributed by atoms with Crippen molar-refractivity contribution in [1.29, 1.82) is 0 Å². The highest BCUT2D eigenvalue weighted by atomic mass is 35.5. The van der Waals surface area contributed by atoms with Gasteiger partial charge in [0.25, 0.3) is 0 Å². The Morgan fingerprint density at radius 2 is 2.04 bits per heavy atom. The van der Waals surface area contributed by atoms with Crippen LogP contribution in [0.3, 0.4) is 0 Å². The summed E-state index contributed by atoms with van der Waals surface area (Å²) in [6.07, 6.45) is -4.21. The second kappa shape index (κ2) is 6.85. The van der Waals surface area contributed by atoms with Gasteiger partial charge in [0.15, 0.2) is 0 Å². The Kier molecular flexibility index (Phi) is 5.41. The Balaban J connectivity index is 2.24. The Bertz CT molecular complexity index is 739. The monoisotopic (exact) mass is 388 g/mol. The topological polar surface area (TPSA) is 66.5 Å². The van der Waals surface area contributed by atoms with Gasteiger partial charge < -0.3 is 5.32 Å². The number of sulfonamides is 1. The van der Waals surface area contributed by atoms with E-state index in [1.54, 1.807) is 5.32 Å². The van der Waals surface area contributed by atoms with Crippen molar-refractivity contribution in [1.82, 2.24) is 9.62 Å². The van der Waals surface area contributed by atoms with Gasteiger partial charge in [0.2, 0.25) is 15.9 Å². The molecule has 0 bridgehead atoms. The summed E-state index contributed by atoms with van der Waals surface area (Å²) in [5.41, 5.74) is 0. The molecule has 1 unspecified atom stereocenters. The molecule has 1 heterocycles. The first-order valence-corrected chi connectivity index (χ1v) is 8.65. The number of carbonyl (C=O) groups is 1. The molecule has 1 aromatic carbocycles. The molecule has 1 atom stereocenters. The Labute approximate surface area is 140 Å². The normalized spacial score (nSPS) is 19.5. The van der Waals surface area contributed by atoms with Crippen molar-refractivity contribution in [2.45, 2.75) is 30.0 Å². The maximum atomic E-state index is 13.1. The molecule has 1 amide bonds. The first-order valence-electron chi connectivity index (χ1n) is 6.84. The first kappa shape index (κ1) is 18.9. The Hall–Kier alpha value is -1.39. The van der Waals surface area contributed by atoms with E-state index in [2.05, 4.69) is 0 Å². The van der Waals surface area contributed by atoms with E-state index >= 15 is 0 Å². The smallest absolute Gasteiger partial charge is 0.346 e. The number of rotatable bonds is 4. The zero-order valence-electron chi connectivity index (χ0n) is 12.1. The zero-order chi connectivity index (χ0) is 18.1. The van der Waals surface area contributed by atoms with Gasteiger partial charge in [-0.3, -0.25) is 4.79 Å². The first-order chi connectivity index (χ1) is 11.0. The van der Waals surface area contributed by atoms with Crippen molar-refractivity contribution < 1.29 is 30.8 Å². The van der Waals surface area contributed by atoms with E-state index in [0.717, 1.165) is 22.5 Å². The third-order valence-electron chi connectivity index (χ3n) is 3.45. The highest BCUT2D eigenvalue weighted by Crippen LogP contribution is 2.30. The number of hydrogen-bond donors (Lipinski definition) is 1. The molecule has 5 nitrogen and oxygen atoms in total. The summed E-state index contributed by atoms with van der Waals surface area (Å²) in [5, 5.41) is 1.31. The molecular formula is C13H13ClF4N2O3S.